The normalized spacial score (nSPS) is 14.7. The van der Waals surface area contributed by atoms with Crippen molar-refractivity contribution >= 4 is 16.9 Å². The number of fused-ring (bicyclic) bond motifs is 1. The summed E-state index contributed by atoms with van der Waals surface area (Å²) in [4.78, 5) is 25.2. The minimum Gasteiger partial charge on any atom is -0.507 e. The molecule has 0 aliphatic heterocycles. The summed E-state index contributed by atoms with van der Waals surface area (Å²) in [6.45, 7) is 3.55. The number of hydrogen-bond donors (Lipinski definition) is 2. The number of rotatable bonds is 5. The van der Waals surface area contributed by atoms with Crippen molar-refractivity contribution in [3.05, 3.63) is 76.1 Å². The molecule has 0 saturated heterocycles. The first-order chi connectivity index (χ1) is 12.4. The highest BCUT2D eigenvalue weighted by atomic mass is 16.4. The Labute approximate surface area is 151 Å². The zero-order valence-corrected chi connectivity index (χ0v) is 14.7. The maximum Gasteiger partial charge on any atom is 0.343 e. The van der Waals surface area contributed by atoms with Crippen molar-refractivity contribution in [3.8, 4) is 5.75 Å². The molecular formula is C21H21NO4. The first-order valence-corrected chi connectivity index (χ1v) is 8.51. The lowest BCUT2D eigenvalue weighted by atomic mass is 9.67. The molecule has 0 radical (unpaired) electrons. The van der Waals surface area contributed by atoms with E-state index >= 15 is 0 Å². The van der Waals surface area contributed by atoms with Crippen molar-refractivity contribution in [2.24, 2.45) is 5.73 Å². The van der Waals surface area contributed by atoms with Crippen LogP contribution in [0.3, 0.4) is 0 Å². The summed E-state index contributed by atoms with van der Waals surface area (Å²) in [7, 11) is 0. The minimum atomic E-state index is -1.18. The van der Waals surface area contributed by atoms with Crippen LogP contribution >= 0.6 is 0 Å². The molecule has 5 heteroatoms. The van der Waals surface area contributed by atoms with Gasteiger partial charge in [0.25, 0.3) is 0 Å². The van der Waals surface area contributed by atoms with Crippen LogP contribution in [0.1, 0.15) is 37.3 Å². The molecule has 5 nitrogen and oxygen atoms in total. The van der Waals surface area contributed by atoms with Crippen LogP contribution in [0.15, 0.2) is 63.8 Å². The zero-order valence-electron chi connectivity index (χ0n) is 14.7. The molecule has 26 heavy (non-hydrogen) atoms. The van der Waals surface area contributed by atoms with Gasteiger partial charge in [0.05, 0.1) is 16.4 Å². The van der Waals surface area contributed by atoms with Crippen LogP contribution in [0, 0.1) is 0 Å². The molecule has 1 amide bonds. The van der Waals surface area contributed by atoms with E-state index in [1.807, 2.05) is 25.1 Å². The molecule has 0 spiro atoms. The summed E-state index contributed by atoms with van der Waals surface area (Å²) >= 11 is 0. The average molecular weight is 351 g/mol. The van der Waals surface area contributed by atoms with Gasteiger partial charge in [-0.3, -0.25) is 4.79 Å². The number of primary amides is 1. The molecule has 3 rings (SSSR count). The number of hydrogen-bond acceptors (Lipinski definition) is 4. The van der Waals surface area contributed by atoms with Crippen molar-refractivity contribution in [1.29, 1.82) is 0 Å². The molecule has 2 aromatic carbocycles. The lowest BCUT2D eigenvalue weighted by Crippen LogP contribution is -2.44. The van der Waals surface area contributed by atoms with Gasteiger partial charge < -0.3 is 15.3 Å². The Morgan fingerprint density at radius 3 is 2.38 bits per heavy atom. The lowest BCUT2D eigenvalue weighted by Gasteiger charge is -2.35. The van der Waals surface area contributed by atoms with Crippen LogP contribution in [0.2, 0.25) is 0 Å². The Kier molecular flexibility index (Phi) is 4.55. The third-order valence-corrected chi connectivity index (χ3v) is 5.16. The van der Waals surface area contributed by atoms with Gasteiger partial charge in [0, 0.05) is 5.92 Å². The standard InChI is InChI=1S/C21H21NO4/c1-3-15(21(2,20(22)25)13-9-5-4-6-10-13)17-18(23)14-11-7-8-12-16(14)26-19(17)24/h4-12,15,23H,3H2,1-2H3,(H2,22,25). The predicted molar refractivity (Wildman–Crippen MR) is 100 cm³/mol. The van der Waals surface area contributed by atoms with E-state index in [-0.39, 0.29) is 11.3 Å². The van der Waals surface area contributed by atoms with Crippen molar-refractivity contribution in [2.75, 3.05) is 0 Å². The van der Waals surface area contributed by atoms with Gasteiger partial charge in [-0.25, -0.2) is 4.79 Å². The fourth-order valence-electron chi connectivity index (χ4n) is 3.66. The topological polar surface area (TPSA) is 93.5 Å². The van der Waals surface area contributed by atoms with Crippen LogP contribution in [0.25, 0.3) is 11.0 Å². The summed E-state index contributed by atoms with van der Waals surface area (Å²) in [6, 6.07) is 15.8. The second kappa shape index (κ2) is 6.67. The van der Waals surface area contributed by atoms with Gasteiger partial charge in [0.1, 0.15) is 11.3 Å². The molecule has 0 saturated carbocycles. The fraction of sp³-hybridized carbons (Fsp3) is 0.238. The highest BCUT2D eigenvalue weighted by molar-refractivity contribution is 5.89. The molecule has 134 valence electrons. The second-order valence-corrected chi connectivity index (χ2v) is 6.54. The van der Waals surface area contributed by atoms with Crippen molar-refractivity contribution in [2.45, 2.75) is 31.6 Å². The minimum absolute atomic E-state index is 0.0800. The van der Waals surface area contributed by atoms with Gasteiger partial charge in [0.15, 0.2) is 0 Å². The molecule has 0 fully saturated rings. The zero-order chi connectivity index (χ0) is 18.9. The Morgan fingerprint density at radius 1 is 1.15 bits per heavy atom. The Bertz CT molecular complexity index is 1010. The van der Waals surface area contributed by atoms with Gasteiger partial charge in [0.2, 0.25) is 5.91 Å². The highest BCUT2D eigenvalue weighted by Gasteiger charge is 2.44. The largest absolute Gasteiger partial charge is 0.507 e. The Hall–Kier alpha value is -3.08. The molecule has 0 aliphatic carbocycles. The highest BCUT2D eigenvalue weighted by Crippen LogP contribution is 2.44. The summed E-state index contributed by atoms with van der Waals surface area (Å²) < 4.78 is 5.40. The van der Waals surface area contributed by atoms with Crippen molar-refractivity contribution in [3.63, 3.8) is 0 Å². The summed E-state index contributed by atoms with van der Waals surface area (Å²) in [5, 5.41) is 11.2. The SMILES string of the molecule is CCC(c1c(O)c2ccccc2oc1=O)C(C)(C(N)=O)c1ccccc1. The quantitative estimate of drug-likeness (QED) is 0.689. The van der Waals surface area contributed by atoms with E-state index < -0.39 is 22.9 Å². The Balaban J connectivity index is 2.30. The van der Waals surface area contributed by atoms with Gasteiger partial charge in [-0.2, -0.15) is 0 Å². The summed E-state index contributed by atoms with van der Waals surface area (Å²) in [5.74, 6) is -1.36. The van der Waals surface area contributed by atoms with Crippen LogP contribution in [0.5, 0.6) is 5.75 Å². The molecule has 1 aromatic heterocycles. The van der Waals surface area contributed by atoms with E-state index in [2.05, 4.69) is 0 Å². The maximum absolute atomic E-state index is 12.7. The fourth-order valence-corrected chi connectivity index (χ4v) is 3.66. The van der Waals surface area contributed by atoms with E-state index in [0.29, 0.717) is 23.0 Å². The number of aromatic hydroxyl groups is 1. The smallest absolute Gasteiger partial charge is 0.343 e. The van der Waals surface area contributed by atoms with E-state index in [1.54, 1.807) is 43.3 Å². The number of para-hydroxylation sites is 1. The summed E-state index contributed by atoms with van der Waals surface area (Å²) in [6.07, 6.45) is 0.422. The molecule has 0 aliphatic rings. The molecule has 2 atom stereocenters. The monoisotopic (exact) mass is 351 g/mol. The van der Waals surface area contributed by atoms with Crippen LogP contribution in [-0.2, 0) is 10.2 Å². The van der Waals surface area contributed by atoms with E-state index in [9.17, 15) is 14.7 Å². The third kappa shape index (κ3) is 2.65. The molecule has 3 aromatic rings. The van der Waals surface area contributed by atoms with Gasteiger partial charge >= 0.3 is 5.63 Å². The molecular weight excluding hydrogens is 330 g/mol. The van der Waals surface area contributed by atoms with Crippen molar-refractivity contribution in [1.82, 2.24) is 0 Å². The second-order valence-electron chi connectivity index (χ2n) is 6.54. The van der Waals surface area contributed by atoms with Crippen LogP contribution in [0.4, 0.5) is 0 Å². The molecule has 0 bridgehead atoms. The number of nitrogens with two attached hydrogens (primary N) is 1. The predicted octanol–water partition coefficient (Wildman–Crippen LogP) is 3.44. The molecule has 3 N–H and O–H groups in total. The average Bonchev–Trinajstić information content (AvgIpc) is 2.65. The number of carbonyl (C=O) groups excluding carboxylic acids is 1. The molecule has 2 unspecified atom stereocenters. The van der Waals surface area contributed by atoms with E-state index in [1.165, 1.54) is 0 Å². The van der Waals surface area contributed by atoms with Crippen molar-refractivity contribution < 1.29 is 14.3 Å². The lowest BCUT2D eigenvalue weighted by molar-refractivity contribution is -0.123. The van der Waals surface area contributed by atoms with E-state index in [4.69, 9.17) is 10.2 Å². The number of carbonyl (C=O) groups is 1. The van der Waals surface area contributed by atoms with Gasteiger partial charge in [-0.05, 0) is 31.0 Å². The first-order valence-electron chi connectivity index (χ1n) is 8.51. The first kappa shape index (κ1) is 17.7. The summed E-state index contributed by atoms with van der Waals surface area (Å²) in [5.41, 5.74) is 5.01. The Morgan fingerprint density at radius 2 is 1.77 bits per heavy atom. The third-order valence-electron chi connectivity index (χ3n) is 5.16. The van der Waals surface area contributed by atoms with Crippen LogP contribution < -0.4 is 11.4 Å². The number of benzene rings is 2. The van der Waals surface area contributed by atoms with Gasteiger partial charge in [-0.15, -0.1) is 0 Å². The van der Waals surface area contributed by atoms with Crippen LogP contribution in [-0.4, -0.2) is 11.0 Å². The number of amides is 1. The van der Waals surface area contributed by atoms with E-state index in [0.717, 1.165) is 0 Å². The molecule has 1 heterocycles. The van der Waals surface area contributed by atoms with Gasteiger partial charge in [-0.1, -0.05) is 49.4 Å². The maximum atomic E-state index is 12.7.